The Labute approximate surface area is 258 Å². The van der Waals surface area contributed by atoms with E-state index in [1.54, 1.807) is 6.07 Å². The Kier molecular flexibility index (Phi) is 7.90. The van der Waals surface area contributed by atoms with E-state index in [9.17, 15) is 23.5 Å². The van der Waals surface area contributed by atoms with Crippen LogP contribution in [0.1, 0.15) is 63.4 Å². The number of aliphatic hydroxyl groups excluding tert-OH is 1. The van der Waals surface area contributed by atoms with Crippen LogP contribution in [0.2, 0.25) is 0 Å². The summed E-state index contributed by atoms with van der Waals surface area (Å²) in [7, 11) is 0. The third-order valence-corrected chi connectivity index (χ3v) is 11.8. The number of alkyl halides is 1. The Balaban J connectivity index is 1.35. The van der Waals surface area contributed by atoms with Gasteiger partial charge in [0.25, 0.3) is 0 Å². The zero-order chi connectivity index (χ0) is 31.4. The van der Waals surface area contributed by atoms with Crippen LogP contribution >= 0.6 is 11.8 Å². The molecule has 3 fully saturated rings. The highest BCUT2D eigenvalue weighted by Crippen LogP contribution is 2.70. The van der Waals surface area contributed by atoms with E-state index in [4.69, 9.17) is 14.6 Å². The Morgan fingerprint density at radius 2 is 2.11 bits per heavy atom. The molecule has 8 atom stereocenters. The van der Waals surface area contributed by atoms with Gasteiger partial charge in [-0.1, -0.05) is 26.3 Å². The highest BCUT2D eigenvalue weighted by atomic mass is 32.2. The topological polar surface area (TPSA) is 143 Å². The minimum Gasteiger partial charge on any atom is -0.451 e. The number of hydrogen-bond donors (Lipinski definition) is 3. The number of thioether (sulfide) groups is 1. The number of fused-ring (bicyclic) bond motifs is 5. The quantitative estimate of drug-likeness (QED) is 0.224. The molecule has 0 aliphatic heterocycles. The van der Waals surface area contributed by atoms with E-state index in [1.807, 2.05) is 19.2 Å². The van der Waals surface area contributed by atoms with Crippen molar-refractivity contribution in [2.24, 2.45) is 34.5 Å². The molecule has 0 bridgehead atoms. The molecule has 4 aliphatic carbocycles. The lowest BCUT2D eigenvalue weighted by molar-refractivity contribution is -0.513. The van der Waals surface area contributed by atoms with Gasteiger partial charge in [0.15, 0.2) is 23.4 Å². The van der Waals surface area contributed by atoms with Crippen LogP contribution in [0.5, 0.6) is 0 Å². The van der Waals surface area contributed by atoms with Gasteiger partial charge in [-0.25, -0.2) is 19.2 Å². The molecular formula is C32H37F2N4O5S+. The molecular weight excluding hydrogens is 590 g/mol. The number of ether oxygens (including phenoxy) is 1. The van der Waals surface area contributed by atoms with E-state index in [2.05, 4.69) is 23.0 Å². The molecule has 0 spiro atoms. The first-order valence-corrected chi connectivity index (χ1v) is 15.9. The van der Waals surface area contributed by atoms with Crippen molar-refractivity contribution in [1.82, 2.24) is 9.97 Å². The predicted octanol–water partition coefficient (Wildman–Crippen LogP) is 4.88. The standard InChI is InChI=1S/C32H36F2N4O5S/c1-17-8-22-21-6-4-19-9-23(38-20-5-7-26(34)36-13-20)18(12-35)10-30(19,2)27(21)25(39)11-31(22,3)32(17,29(41)44-15-33)43-28(40)24-14-42-16-37-24/h5,7,9,12-14,16-17,21-22,25,27,35,38-39H,4,6,8,10-11,15H2,1-3H3/p+1/t17-,21+,22?,25+,27?,30+,31+,32+/m1/s1. The molecule has 0 saturated heterocycles. The number of nitrogens with two attached hydrogens (primary N) is 1. The second kappa shape index (κ2) is 11.3. The summed E-state index contributed by atoms with van der Waals surface area (Å²) in [5.41, 5.74) is 0.468. The summed E-state index contributed by atoms with van der Waals surface area (Å²) in [6, 6.07) is 2.00. The molecule has 2 unspecified atom stereocenters. The van der Waals surface area contributed by atoms with Crippen molar-refractivity contribution >= 4 is 34.7 Å². The van der Waals surface area contributed by atoms with E-state index in [0.717, 1.165) is 42.5 Å². The summed E-state index contributed by atoms with van der Waals surface area (Å²) >= 11 is 0.500. The lowest BCUT2D eigenvalue weighted by Gasteiger charge is -2.60. The zero-order valence-electron chi connectivity index (χ0n) is 24.9. The van der Waals surface area contributed by atoms with Crippen molar-refractivity contribution in [2.45, 2.75) is 64.6 Å². The highest BCUT2D eigenvalue weighted by molar-refractivity contribution is 8.13. The number of halogens is 2. The monoisotopic (exact) mass is 627 g/mol. The Bertz CT molecular complexity index is 1530. The second-order valence-electron chi connectivity index (χ2n) is 13.1. The molecule has 4 N–H and O–H groups in total. The minimum atomic E-state index is -1.66. The first kappa shape index (κ1) is 30.8. The normalized spacial score (nSPS) is 36.1. The van der Waals surface area contributed by atoms with Crippen molar-refractivity contribution in [3.63, 3.8) is 0 Å². The van der Waals surface area contributed by atoms with Gasteiger partial charge >= 0.3 is 5.97 Å². The zero-order valence-corrected chi connectivity index (χ0v) is 25.7. The number of oxazole rings is 1. The fraction of sp³-hybridized carbons (Fsp3) is 0.531. The van der Waals surface area contributed by atoms with E-state index in [0.29, 0.717) is 24.6 Å². The number of nitrogens with zero attached hydrogens (tertiary/aromatic N) is 2. The van der Waals surface area contributed by atoms with Crippen LogP contribution in [0.15, 0.2) is 58.3 Å². The fourth-order valence-electron chi connectivity index (χ4n) is 9.32. The Hall–Kier alpha value is -3.22. The number of carbonyl (C=O) groups is 2. The molecule has 44 heavy (non-hydrogen) atoms. The van der Waals surface area contributed by atoms with Gasteiger partial charge in [-0.3, -0.25) is 10.1 Å². The molecule has 3 saturated carbocycles. The molecule has 0 radical (unpaired) electrons. The van der Waals surface area contributed by atoms with Crippen LogP contribution in [0.25, 0.3) is 0 Å². The van der Waals surface area contributed by atoms with Crippen LogP contribution in [0.4, 0.5) is 14.5 Å². The molecule has 2 heterocycles. The van der Waals surface area contributed by atoms with Crippen molar-refractivity contribution in [2.75, 3.05) is 6.01 Å². The molecule has 234 valence electrons. The molecule has 2 aromatic heterocycles. The fourth-order valence-corrected chi connectivity index (χ4v) is 10.1. The number of carbonyl (C=O) groups excluding carboxylic acids is 2. The average Bonchev–Trinajstić information content (AvgIpc) is 3.60. The average molecular weight is 628 g/mol. The van der Waals surface area contributed by atoms with Gasteiger partial charge < -0.3 is 19.7 Å². The maximum absolute atomic E-state index is 13.8. The number of pyridine rings is 1. The van der Waals surface area contributed by atoms with Crippen molar-refractivity contribution in [1.29, 1.82) is 5.41 Å². The van der Waals surface area contributed by atoms with Gasteiger partial charge in [0.05, 0.1) is 12.3 Å². The van der Waals surface area contributed by atoms with Crippen LogP contribution < -0.4 is 5.32 Å². The van der Waals surface area contributed by atoms with E-state index >= 15 is 0 Å². The SMILES string of the molecule is C[C@@H]1CC2[C@@H]3CCC4=CC([NH2+]c5ccc(F)nc5)=C(C=N)C[C@]4(C)C3[C@@H](O)C[C@]2(C)[C@@]1(OC(=O)c1cocn1)C(=O)SCF. The Morgan fingerprint density at radius 3 is 2.77 bits per heavy atom. The summed E-state index contributed by atoms with van der Waals surface area (Å²) in [5, 5.41) is 21.6. The molecule has 2 aromatic rings. The highest BCUT2D eigenvalue weighted by Gasteiger charge is 2.73. The van der Waals surface area contributed by atoms with Gasteiger partial charge in [0.1, 0.15) is 18.0 Å². The summed E-state index contributed by atoms with van der Waals surface area (Å²) in [6.45, 7) is 5.94. The first-order valence-electron chi connectivity index (χ1n) is 14.9. The lowest BCUT2D eigenvalue weighted by atomic mass is 9.45. The molecule has 0 amide bonds. The largest absolute Gasteiger partial charge is 0.451 e. The molecule has 12 heteroatoms. The predicted molar refractivity (Wildman–Crippen MR) is 158 cm³/mol. The van der Waals surface area contributed by atoms with Crippen molar-refractivity contribution < 1.29 is 37.9 Å². The summed E-state index contributed by atoms with van der Waals surface area (Å²) in [4.78, 5) is 34.8. The summed E-state index contributed by atoms with van der Waals surface area (Å²) in [6.07, 6.45) is 9.17. The van der Waals surface area contributed by atoms with E-state index in [-0.39, 0.29) is 29.9 Å². The molecule has 9 nitrogen and oxygen atoms in total. The maximum Gasteiger partial charge on any atom is 0.361 e. The third kappa shape index (κ3) is 4.59. The second-order valence-corrected chi connectivity index (χ2v) is 14.0. The number of esters is 1. The van der Waals surface area contributed by atoms with Crippen LogP contribution in [-0.4, -0.2) is 50.1 Å². The molecule has 6 rings (SSSR count). The Morgan fingerprint density at radius 1 is 1.32 bits per heavy atom. The smallest absolute Gasteiger partial charge is 0.361 e. The number of hydrogen-bond acceptors (Lipinski definition) is 9. The van der Waals surface area contributed by atoms with Crippen molar-refractivity contribution in [3.8, 4) is 0 Å². The minimum absolute atomic E-state index is 0.00275. The summed E-state index contributed by atoms with van der Waals surface area (Å²) < 4.78 is 38.2. The van der Waals surface area contributed by atoms with Gasteiger partial charge in [0.2, 0.25) is 11.1 Å². The number of aromatic nitrogens is 2. The number of rotatable bonds is 7. The van der Waals surface area contributed by atoms with Gasteiger partial charge in [0, 0.05) is 29.2 Å². The number of allylic oxidation sites excluding steroid dienone is 3. The number of nitrogens with one attached hydrogen (secondary N) is 1. The van der Waals surface area contributed by atoms with E-state index in [1.165, 1.54) is 24.1 Å². The first-order chi connectivity index (χ1) is 21.0. The lowest BCUT2D eigenvalue weighted by Crippen LogP contribution is -2.76. The van der Waals surface area contributed by atoms with Crippen LogP contribution in [-0.2, 0) is 9.53 Å². The van der Waals surface area contributed by atoms with Gasteiger partial charge in [-0.2, -0.15) is 4.39 Å². The maximum atomic E-state index is 13.8. The van der Waals surface area contributed by atoms with Gasteiger partial charge in [-0.15, -0.1) is 0 Å². The molecule has 4 aliphatic rings. The van der Waals surface area contributed by atoms with Crippen LogP contribution in [0.3, 0.4) is 0 Å². The number of aliphatic hydroxyl groups is 1. The van der Waals surface area contributed by atoms with Gasteiger partial charge in [-0.05, 0) is 79.2 Å². The third-order valence-electron chi connectivity index (χ3n) is 11.1. The van der Waals surface area contributed by atoms with E-state index < -0.39 is 51.5 Å². The number of quaternary nitrogens is 1. The van der Waals surface area contributed by atoms with Crippen LogP contribution in [0, 0.1) is 45.9 Å². The molecule has 0 aromatic carbocycles. The summed E-state index contributed by atoms with van der Waals surface area (Å²) in [5.74, 6) is -2.04. The van der Waals surface area contributed by atoms with Crippen molar-refractivity contribution in [3.05, 3.63) is 65.5 Å².